The van der Waals surface area contributed by atoms with Gasteiger partial charge in [-0.15, -0.1) is 0 Å². The molecule has 128 valence electrons. The van der Waals surface area contributed by atoms with Crippen molar-refractivity contribution in [3.05, 3.63) is 52.3 Å². The molecule has 7 heteroatoms. The highest BCUT2D eigenvalue weighted by Crippen LogP contribution is 2.31. The summed E-state index contributed by atoms with van der Waals surface area (Å²) in [7, 11) is 0. The minimum absolute atomic E-state index is 0.567. The van der Waals surface area contributed by atoms with Crippen LogP contribution in [0.1, 0.15) is 29.8 Å². The Bertz CT molecular complexity index is 916. The van der Waals surface area contributed by atoms with Crippen molar-refractivity contribution >= 4 is 23.2 Å². The lowest BCUT2D eigenvalue weighted by molar-refractivity contribution is 0.664. The van der Waals surface area contributed by atoms with E-state index in [2.05, 4.69) is 10.4 Å². The molecule has 0 saturated carbocycles. The van der Waals surface area contributed by atoms with E-state index in [-0.39, 0.29) is 0 Å². The maximum atomic E-state index is 6.04. The van der Waals surface area contributed by atoms with E-state index in [0.717, 1.165) is 54.1 Å². The fourth-order valence-electron chi connectivity index (χ4n) is 3.22. The van der Waals surface area contributed by atoms with E-state index in [1.54, 1.807) is 0 Å². The van der Waals surface area contributed by atoms with Crippen molar-refractivity contribution in [2.75, 3.05) is 11.2 Å². The Kier molecular flexibility index (Phi) is 4.05. The van der Waals surface area contributed by atoms with E-state index in [1.165, 1.54) is 10.4 Å². The van der Waals surface area contributed by atoms with Gasteiger partial charge in [0, 0.05) is 22.0 Å². The molecule has 0 bridgehead atoms. The molecule has 0 saturated heterocycles. The summed E-state index contributed by atoms with van der Waals surface area (Å²) in [6.45, 7) is 1.92. The molecule has 0 aliphatic heterocycles. The first-order chi connectivity index (χ1) is 12.1. The molecule has 3 aromatic rings. The molecule has 0 spiro atoms. The van der Waals surface area contributed by atoms with Crippen LogP contribution in [0, 0.1) is 6.92 Å². The van der Waals surface area contributed by atoms with Crippen molar-refractivity contribution in [3.63, 3.8) is 0 Å². The number of nitrogens with zero attached hydrogens (tertiary/aromatic N) is 4. The molecular formula is C18H19ClN6. The van der Waals surface area contributed by atoms with Crippen molar-refractivity contribution in [2.45, 2.75) is 32.6 Å². The summed E-state index contributed by atoms with van der Waals surface area (Å²) in [6.07, 6.45) is 4.21. The van der Waals surface area contributed by atoms with Crippen LogP contribution in [0.4, 0.5) is 11.6 Å². The monoisotopic (exact) mass is 354 g/mol. The van der Waals surface area contributed by atoms with E-state index < -0.39 is 0 Å². The van der Waals surface area contributed by atoms with Gasteiger partial charge in [-0.1, -0.05) is 11.6 Å². The van der Waals surface area contributed by atoms with Crippen LogP contribution in [0.15, 0.2) is 30.3 Å². The van der Waals surface area contributed by atoms with Gasteiger partial charge in [0.25, 0.3) is 0 Å². The minimum atomic E-state index is 0.567. The lowest BCUT2D eigenvalue weighted by Gasteiger charge is -2.19. The topological polar surface area (TPSA) is 81.7 Å². The number of rotatable bonds is 3. The van der Waals surface area contributed by atoms with E-state index >= 15 is 0 Å². The lowest BCUT2D eigenvalue weighted by atomic mass is 9.93. The number of benzene rings is 1. The van der Waals surface area contributed by atoms with Crippen LogP contribution in [0.5, 0.6) is 0 Å². The average molecular weight is 355 g/mol. The van der Waals surface area contributed by atoms with Gasteiger partial charge in [-0.25, -0.2) is 9.97 Å². The number of nitrogen functional groups attached to an aromatic ring is 1. The maximum absolute atomic E-state index is 6.04. The van der Waals surface area contributed by atoms with E-state index in [9.17, 15) is 0 Å². The van der Waals surface area contributed by atoms with Gasteiger partial charge < -0.3 is 11.2 Å². The number of anilines is 2. The fraction of sp³-hybridized carbons (Fsp3) is 0.278. The Morgan fingerprint density at radius 1 is 1.12 bits per heavy atom. The molecule has 1 aliphatic carbocycles. The highest BCUT2D eigenvalue weighted by atomic mass is 35.5. The van der Waals surface area contributed by atoms with Crippen LogP contribution in [0.25, 0.3) is 11.4 Å². The summed E-state index contributed by atoms with van der Waals surface area (Å²) in [5, 5.41) is 8.22. The molecule has 0 unspecified atom stereocenters. The summed E-state index contributed by atoms with van der Waals surface area (Å²) >= 11 is 5.95. The van der Waals surface area contributed by atoms with E-state index in [0.29, 0.717) is 11.0 Å². The number of fused-ring (bicyclic) bond motifs is 1. The zero-order valence-corrected chi connectivity index (χ0v) is 14.7. The Hall–Kier alpha value is -2.60. The average Bonchev–Trinajstić information content (AvgIpc) is 2.94. The van der Waals surface area contributed by atoms with Crippen molar-refractivity contribution in [3.8, 4) is 11.4 Å². The van der Waals surface area contributed by atoms with Crippen LogP contribution in [-0.2, 0) is 12.8 Å². The highest BCUT2D eigenvalue weighted by Gasteiger charge is 2.21. The summed E-state index contributed by atoms with van der Waals surface area (Å²) in [4.78, 5) is 10.9. The second kappa shape index (κ2) is 6.37. The highest BCUT2D eigenvalue weighted by molar-refractivity contribution is 6.30. The molecule has 2 aromatic heterocycles. The predicted molar refractivity (Wildman–Crippen MR) is 99.5 cm³/mol. The number of hydrogen-bond donors (Lipinski definition) is 2. The smallest absolute Gasteiger partial charge is 0.228 e. The SMILES string of the molecule is Cc1cc(-c2nc(Nc3ccc(Cl)cc3)nc3c2CCCC3)n(N)n1. The first-order valence-electron chi connectivity index (χ1n) is 8.34. The van der Waals surface area contributed by atoms with Crippen LogP contribution in [0.3, 0.4) is 0 Å². The number of nitrogens with two attached hydrogens (primary N) is 1. The van der Waals surface area contributed by atoms with Crippen LogP contribution in [0.2, 0.25) is 5.02 Å². The summed E-state index contributed by atoms with van der Waals surface area (Å²) in [5.41, 5.74) is 5.71. The predicted octanol–water partition coefficient (Wildman–Crippen LogP) is 3.64. The largest absolute Gasteiger partial charge is 0.324 e. The number of nitrogens with one attached hydrogen (secondary N) is 1. The third-order valence-electron chi connectivity index (χ3n) is 4.38. The summed E-state index contributed by atoms with van der Waals surface area (Å²) in [5.74, 6) is 6.60. The molecular weight excluding hydrogens is 336 g/mol. The second-order valence-electron chi connectivity index (χ2n) is 6.28. The van der Waals surface area contributed by atoms with Gasteiger partial charge in [0.1, 0.15) is 5.69 Å². The summed E-state index contributed by atoms with van der Waals surface area (Å²) < 4.78 is 0. The first kappa shape index (κ1) is 15.9. The molecule has 1 aliphatic rings. The molecule has 4 rings (SSSR count). The molecule has 25 heavy (non-hydrogen) atoms. The molecule has 2 heterocycles. The molecule has 0 amide bonds. The van der Waals surface area contributed by atoms with Gasteiger partial charge in [-0.2, -0.15) is 9.89 Å². The molecule has 1 aromatic carbocycles. The molecule has 3 N–H and O–H groups in total. The summed E-state index contributed by atoms with van der Waals surface area (Å²) in [6, 6.07) is 9.44. The molecule has 0 radical (unpaired) electrons. The van der Waals surface area contributed by atoms with Crippen LogP contribution < -0.4 is 11.2 Å². The van der Waals surface area contributed by atoms with Crippen molar-refractivity contribution in [1.29, 1.82) is 0 Å². The molecule has 0 atom stereocenters. The fourth-order valence-corrected chi connectivity index (χ4v) is 3.34. The zero-order chi connectivity index (χ0) is 17.4. The number of aromatic nitrogens is 4. The zero-order valence-electron chi connectivity index (χ0n) is 14.0. The van der Waals surface area contributed by atoms with E-state index in [1.807, 2.05) is 37.3 Å². The minimum Gasteiger partial charge on any atom is -0.324 e. The quantitative estimate of drug-likeness (QED) is 0.702. The second-order valence-corrected chi connectivity index (χ2v) is 6.71. The van der Waals surface area contributed by atoms with Gasteiger partial charge in [-0.3, -0.25) is 0 Å². The van der Waals surface area contributed by atoms with Gasteiger partial charge in [0.2, 0.25) is 5.95 Å². The molecule has 6 nitrogen and oxygen atoms in total. The van der Waals surface area contributed by atoms with Crippen molar-refractivity contribution < 1.29 is 0 Å². The maximum Gasteiger partial charge on any atom is 0.228 e. The third kappa shape index (κ3) is 3.17. The Morgan fingerprint density at radius 3 is 2.60 bits per heavy atom. The lowest BCUT2D eigenvalue weighted by Crippen LogP contribution is -2.16. The van der Waals surface area contributed by atoms with Gasteiger partial charge >= 0.3 is 0 Å². The first-order valence-corrected chi connectivity index (χ1v) is 8.72. The number of halogens is 1. The van der Waals surface area contributed by atoms with Gasteiger partial charge in [-0.05, 0) is 62.9 Å². The third-order valence-corrected chi connectivity index (χ3v) is 4.64. The van der Waals surface area contributed by atoms with Crippen LogP contribution >= 0.6 is 11.6 Å². The van der Waals surface area contributed by atoms with Crippen molar-refractivity contribution in [1.82, 2.24) is 19.9 Å². The van der Waals surface area contributed by atoms with Gasteiger partial charge in [0.05, 0.1) is 11.4 Å². The Balaban J connectivity index is 1.79. The standard InChI is InChI=1S/C18H19ClN6/c1-11-10-16(25(20)24-11)17-14-4-2-3-5-15(14)22-18(23-17)21-13-8-6-12(19)7-9-13/h6-10H,2-5,20H2,1H3,(H,21,22,23). The van der Waals surface area contributed by atoms with Crippen LogP contribution in [-0.4, -0.2) is 19.9 Å². The number of hydrogen-bond acceptors (Lipinski definition) is 5. The molecule has 0 fully saturated rings. The van der Waals surface area contributed by atoms with E-state index in [4.69, 9.17) is 27.4 Å². The Morgan fingerprint density at radius 2 is 1.88 bits per heavy atom. The van der Waals surface area contributed by atoms with Gasteiger partial charge in [0.15, 0.2) is 0 Å². The normalized spacial score (nSPS) is 13.5. The number of aryl methyl sites for hydroxylation is 2. The van der Waals surface area contributed by atoms with Crippen molar-refractivity contribution in [2.24, 2.45) is 0 Å². The Labute approximate surface area is 151 Å².